The Labute approximate surface area is 128 Å². The minimum Gasteiger partial charge on any atom is -0.327 e. The molecule has 0 heterocycles. The zero-order valence-corrected chi connectivity index (χ0v) is 14.1. The maximum atomic E-state index is 12.5. The first-order valence-electron chi connectivity index (χ1n) is 7.79. The average Bonchev–Trinajstić information content (AvgIpc) is 2.91. The van der Waals surface area contributed by atoms with E-state index >= 15 is 0 Å². The Bertz CT molecular complexity index is 564. The Hall–Kier alpha value is -0.870. The van der Waals surface area contributed by atoms with E-state index in [0.29, 0.717) is 10.8 Å². The number of nitrogens with two attached hydrogens (primary N) is 1. The van der Waals surface area contributed by atoms with Crippen LogP contribution in [0.1, 0.15) is 52.0 Å². The van der Waals surface area contributed by atoms with Crippen LogP contribution in [0.2, 0.25) is 0 Å². The van der Waals surface area contributed by atoms with Crippen molar-refractivity contribution in [3.8, 4) is 0 Å². The van der Waals surface area contributed by atoms with Gasteiger partial charge in [-0.3, -0.25) is 0 Å². The third kappa shape index (κ3) is 4.07. The van der Waals surface area contributed by atoms with Gasteiger partial charge in [-0.25, -0.2) is 8.42 Å². The van der Waals surface area contributed by atoms with Gasteiger partial charge in [0.15, 0.2) is 9.84 Å². The van der Waals surface area contributed by atoms with Crippen molar-refractivity contribution in [3.63, 3.8) is 0 Å². The van der Waals surface area contributed by atoms with Crippen LogP contribution in [0.4, 0.5) is 0 Å². The highest BCUT2D eigenvalue weighted by atomic mass is 32.2. The lowest BCUT2D eigenvalue weighted by Gasteiger charge is -2.20. The largest absolute Gasteiger partial charge is 0.327 e. The molecule has 1 aromatic carbocycles. The van der Waals surface area contributed by atoms with Crippen LogP contribution < -0.4 is 5.73 Å². The fourth-order valence-electron chi connectivity index (χ4n) is 3.03. The molecule has 21 heavy (non-hydrogen) atoms. The average molecular weight is 309 g/mol. The molecular weight excluding hydrogens is 282 g/mol. The van der Waals surface area contributed by atoms with E-state index in [1.54, 1.807) is 12.1 Å². The summed E-state index contributed by atoms with van der Waals surface area (Å²) in [6.45, 7) is 6.35. The summed E-state index contributed by atoms with van der Waals surface area (Å²) in [7, 11) is -3.28. The van der Waals surface area contributed by atoms with Crippen molar-refractivity contribution in [1.29, 1.82) is 0 Å². The Morgan fingerprint density at radius 2 is 1.67 bits per heavy atom. The minimum absolute atomic E-state index is 0.0303. The fourth-order valence-corrected chi connectivity index (χ4v) is 4.56. The van der Waals surface area contributed by atoms with Crippen molar-refractivity contribution in [3.05, 3.63) is 29.8 Å². The topological polar surface area (TPSA) is 60.2 Å². The second-order valence-electron chi connectivity index (χ2n) is 7.26. The molecule has 0 radical (unpaired) electrons. The van der Waals surface area contributed by atoms with Crippen molar-refractivity contribution in [2.24, 2.45) is 11.7 Å². The Balaban J connectivity index is 2.12. The van der Waals surface area contributed by atoms with E-state index in [1.165, 1.54) is 12.8 Å². The lowest BCUT2D eigenvalue weighted by atomic mass is 9.87. The van der Waals surface area contributed by atoms with Gasteiger partial charge < -0.3 is 5.73 Å². The quantitative estimate of drug-likeness (QED) is 0.928. The highest BCUT2D eigenvalue weighted by molar-refractivity contribution is 7.91. The number of hydrogen-bond acceptors (Lipinski definition) is 3. The van der Waals surface area contributed by atoms with E-state index in [-0.39, 0.29) is 17.2 Å². The molecule has 1 unspecified atom stereocenters. The summed E-state index contributed by atoms with van der Waals surface area (Å²) in [5.74, 6) is 0.431. The first-order chi connectivity index (χ1) is 9.70. The van der Waals surface area contributed by atoms with Crippen molar-refractivity contribution in [2.75, 3.05) is 5.75 Å². The van der Waals surface area contributed by atoms with E-state index in [9.17, 15) is 8.42 Å². The lowest BCUT2D eigenvalue weighted by molar-refractivity contribution is 0.455. The summed E-state index contributed by atoms with van der Waals surface area (Å²) in [4.78, 5) is 0.393. The predicted octanol–water partition coefficient (Wildman–Crippen LogP) is 3.28. The summed E-state index contributed by atoms with van der Waals surface area (Å²) in [5.41, 5.74) is 7.29. The van der Waals surface area contributed by atoms with Crippen molar-refractivity contribution in [1.82, 2.24) is 0 Å². The predicted molar refractivity (Wildman–Crippen MR) is 87.1 cm³/mol. The maximum Gasteiger partial charge on any atom is 0.179 e. The zero-order chi connectivity index (χ0) is 15.7. The first kappa shape index (κ1) is 16.5. The Morgan fingerprint density at radius 3 is 2.14 bits per heavy atom. The van der Waals surface area contributed by atoms with Crippen LogP contribution in [-0.2, 0) is 15.3 Å². The molecule has 3 nitrogen and oxygen atoms in total. The van der Waals surface area contributed by atoms with Gasteiger partial charge in [0, 0.05) is 6.04 Å². The molecule has 2 rings (SSSR count). The van der Waals surface area contributed by atoms with Gasteiger partial charge >= 0.3 is 0 Å². The Morgan fingerprint density at radius 1 is 1.14 bits per heavy atom. The van der Waals surface area contributed by atoms with Crippen molar-refractivity contribution < 1.29 is 8.42 Å². The third-order valence-electron chi connectivity index (χ3n) is 4.50. The number of sulfone groups is 1. The molecule has 0 spiro atoms. The summed E-state index contributed by atoms with van der Waals surface area (Å²) in [6.07, 6.45) is 4.50. The van der Waals surface area contributed by atoms with Crippen molar-refractivity contribution >= 4 is 9.84 Å². The van der Waals surface area contributed by atoms with Crippen LogP contribution in [0, 0.1) is 5.92 Å². The molecule has 0 aliphatic heterocycles. The molecule has 1 aliphatic carbocycles. The van der Waals surface area contributed by atoms with Gasteiger partial charge in [0.1, 0.15) is 0 Å². The Kier molecular flexibility index (Phi) is 4.79. The second-order valence-corrected chi connectivity index (χ2v) is 9.30. The number of rotatable bonds is 4. The molecule has 4 heteroatoms. The highest BCUT2D eigenvalue weighted by Crippen LogP contribution is 2.29. The molecule has 0 amide bonds. The summed E-state index contributed by atoms with van der Waals surface area (Å²) < 4.78 is 25.0. The molecule has 1 aromatic rings. The van der Waals surface area contributed by atoms with Gasteiger partial charge in [0.25, 0.3) is 0 Å². The van der Waals surface area contributed by atoms with E-state index in [1.807, 2.05) is 12.1 Å². The van der Waals surface area contributed by atoms with E-state index in [2.05, 4.69) is 20.8 Å². The van der Waals surface area contributed by atoms with Gasteiger partial charge in [0.2, 0.25) is 0 Å². The summed E-state index contributed by atoms with van der Waals surface area (Å²) in [6, 6.07) is 7.02. The fraction of sp³-hybridized carbons (Fsp3) is 0.647. The smallest absolute Gasteiger partial charge is 0.179 e. The number of hydrogen-bond donors (Lipinski definition) is 1. The van der Waals surface area contributed by atoms with Gasteiger partial charge in [-0.05, 0) is 41.9 Å². The standard InChI is InChI=1S/C17H27NO2S/c1-17(2,3)14-8-10-15(11-9-14)21(19,20)12-16(18)13-6-4-5-7-13/h8-11,13,16H,4-7,12,18H2,1-3H3. The molecule has 1 aliphatic rings. The lowest BCUT2D eigenvalue weighted by Crippen LogP contribution is -2.35. The maximum absolute atomic E-state index is 12.5. The highest BCUT2D eigenvalue weighted by Gasteiger charge is 2.27. The first-order valence-corrected chi connectivity index (χ1v) is 9.44. The van der Waals surface area contributed by atoms with Crippen LogP contribution in [0.5, 0.6) is 0 Å². The van der Waals surface area contributed by atoms with Gasteiger partial charge in [-0.2, -0.15) is 0 Å². The normalized spacial score (nSPS) is 18.9. The minimum atomic E-state index is -3.28. The van der Waals surface area contributed by atoms with Crippen LogP contribution >= 0.6 is 0 Å². The monoisotopic (exact) mass is 309 g/mol. The third-order valence-corrected chi connectivity index (χ3v) is 6.31. The van der Waals surface area contributed by atoms with Gasteiger partial charge in [-0.1, -0.05) is 45.7 Å². The zero-order valence-electron chi connectivity index (χ0n) is 13.3. The number of benzene rings is 1. The molecule has 0 bridgehead atoms. The van der Waals surface area contributed by atoms with Gasteiger partial charge in [-0.15, -0.1) is 0 Å². The molecule has 0 aromatic heterocycles. The summed E-state index contributed by atoms with van der Waals surface area (Å²) >= 11 is 0. The molecule has 1 fully saturated rings. The van der Waals surface area contributed by atoms with Crippen LogP contribution in [0.3, 0.4) is 0 Å². The van der Waals surface area contributed by atoms with Gasteiger partial charge in [0.05, 0.1) is 10.6 Å². The molecule has 2 N–H and O–H groups in total. The molecule has 1 saturated carbocycles. The van der Waals surface area contributed by atoms with Crippen LogP contribution in [-0.4, -0.2) is 20.2 Å². The van der Waals surface area contributed by atoms with Crippen LogP contribution in [0.25, 0.3) is 0 Å². The molecular formula is C17H27NO2S. The second kappa shape index (κ2) is 6.09. The molecule has 0 saturated heterocycles. The molecule has 118 valence electrons. The van der Waals surface area contributed by atoms with E-state index in [0.717, 1.165) is 18.4 Å². The van der Waals surface area contributed by atoms with E-state index in [4.69, 9.17) is 5.73 Å². The SMILES string of the molecule is CC(C)(C)c1ccc(S(=O)(=O)CC(N)C2CCCC2)cc1. The van der Waals surface area contributed by atoms with Crippen molar-refractivity contribution in [2.45, 2.75) is 62.8 Å². The molecule has 1 atom stereocenters. The van der Waals surface area contributed by atoms with Crippen LogP contribution in [0.15, 0.2) is 29.2 Å². The van der Waals surface area contributed by atoms with E-state index < -0.39 is 9.84 Å². The summed E-state index contributed by atoms with van der Waals surface area (Å²) in [5, 5.41) is 0.